The molecule has 332 valence electrons. The minimum atomic E-state index is -4.42. The Labute approximate surface area is 359 Å². The lowest BCUT2D eigenvalue weighted by Gasteiger charge is -2.24. The number of carbonyl (C=O) groups excluding carboxylic acids is 2. The maximum absolute atomic E-state index is 12.8. The number of rotatable bonds is 16. The van der Waals surface area contributed by atoms with Crippen molar-refractivity contribution in [1.82, 2.24) is 39.9 Å². The molecule has 3 heterocycles. The summed E-state index contributed by atoms with van der Waals surface area (Å²) >= 11 is -0.225. The Hall–Kier alpha value is -5.21. The lowest BCUT2D eigenvalue weighted by molar-refractivity contribution is -0.123. The predicted octanol–water partition coefficient (Wildman–Crippen LogP) is 2.12. The van der Waals surface area contributed by atoms with Gasteiger partial charge in [-0.1, -0.05) is 56.3 Å². The lowest BCUT2D eigenvalue weighted by Crippen LogP contribution is -2.55. The van der Waals surface area contributed by atoms with Crippen molar-refractivity contribution in [1.29, 1.82) is 0 Å². The van der Waals surface area contributed by atoms with Crippen molar-refractivity contribution in [3.8, 4) is 11.3 Å². The van der Waals surface area contributed by atoms with Crippen LogP contribution in [0.3, 0.4) is 0 Å². The van der Waals surface area contributed by atoms with Gasteiger partial charge in [-0.3, -0.25) is 18.8 Å². The molecule has 1 aliphatic carbocycles. The number of thioether (sulfide) groups is 1. The average Bonchev–Trinajstić information content (AvgIpc) is 3.78. The second-order valence-electron chi connectivity index (χ2n) is 14.5. The standard InChI is InChI=1S/C19H25BN4O4.C19H20F3N5O5S2/c1-13(2)10-17(20(27)28)24-18(25)15(11-14-6-4-3-5-7-14)23-19(26)16-12-21-8-9-22-16;1-32-34(30,31)26-14-8-13(17(28)18(14)29)24-15-5-6-23-16-9-12(25-27(15)16)10-3-2-4-11(7-10)33-19(20,21)22/h3-9,12-13,15,17,27-28H,10-11H2,1-2H3,(H,23,26)(H,24,25);2-7,9,13-14,17-18,24,26,28-29H,8H2,1H3. The zero-order valence-electron chi connectivity index (χ0n) is 33.4. The van der Waals surface area contributed by atoms with Gasteiger partial charge in [0.25, 0.3) is 5.91 Å². The van der Waals surface area contributed by atoms with Crippen LogP contribution in [0.4, 0.5) is 19.0 Å². The molecular formula is C38H45BF3N9O9S2. The summed E-state index contributed by atoms with van der Waals surface area (Å²) < 4.78 is 69.4. The van der Waals surface area contributed by atoms with Gasteiger partial charge in [0.05, 0.1) is 43.1 Å². The topological polar surface area (TPSA) is 263 Å². The van der Waals surface area contributed by atoms with Gasteiger partial charge in [0.15, 0.2) is 5.65 Å². The first-order chi connectivity index (χ1) is 29.3. The molecule has 2 amide bonds. The number of hydrogen-bond acceptors (Lipinski definition) is 15. The number of amides is 2. The first-order valence-electron chi connectivity index (χ1n) is 19.0. The van der Waals surface area contributed by atoms with Crippen LogP contribution in [0.1, 0.15) is 42.7 Å². The van der Waals surface area contributed by atoms with Crippen LogP contribution in [0, 0.1) is 5.92 Å². The second kappa shape index (κ2) is 21.2. The number of nitrogens with zero attached hydrogens (tertiary/aromatic N) is 5. The van der Waals surface area contributed by atoms with Crippen LogP contribution in [-0.4, -0.2) is 121 Å². The number of aliphatic hydroxyl groups is 2. The molecular weight excluding hydrogens is 858 g/mol. The molecule has 62 heavy (non-hydrogen) atoms. The fraction of sp³-hybridized carbons (Fsp3) is 0.368. The van der Waals surface area contributed by atoms with Gasteiger partial charge >= 0.3 is 22.9 Å². The average molecular weight is 904 g/mol. The summed E-state index contributed by atoms with van der Waals surface area (Å²) in [5.74, 6) is -1.34. The highest BCUT2D eigenvalue weighted by Crippen LogP contribution is 2.38. The molecule has 0 saturated heterocycles. The predicted molar refractivity (Wildman–Crippen MR) is 222 cm³/mol. The molecule has 0 radical (unpaired) electrons. The molecule has 6 rings (SSSR count). The minimum absolute atomic E-state index is 0.0148. The molecule has 6 atom stereocenters. The number of carbonyl (C=O) groups is 2. The van der Waals surface area contributed by atoms with E-state index < -0.39 is 71.0 Å². The summed E-state index contributed by atoms with van der Waals surface area (Å²) in [6, 6.07) is 15.6. The van der Waals surface area contributed by atoms with Gasteiger partial charge in [-0.2, -0.15) is 35.9 Å². The summed E-state index contributed by atoms with van der Waals surface area (Å²) in [6.45, 7) is 3.83. The largest absolute Gasteiger partial charge is 0.475 e. The van der Waals surface area contributed by atoms with Gasteiger partial charge in [-0.05, 0) is 54.3 Å². The third-order valence-electron chi connectivity index (χ3n) is 9.37. The number of hydrogen-bond donors (Lipinski definition) is 8. The summed E-state index contributed by atoms with van der Waals surface area (Å²) in [7, 11) is -4.81. The number of aromatic nitrogens is 5. The lowest BCUT2D eigenvalue weighted by atomic mass is 9.75. The van der Waals surface area contributed by atoms with Gasteiger partial charge in [-0.25, -0.2) is 9.97 Å². The van der Waals surface area contributed by atoms with E-state index in [-0.39, 0.29) is 41.1 Å². The van der Waals surface area contributed by atoms with E-state index in [2.05, 4.69) is 44.9 Å². The highest BCUT2D eigenvalue weighted by atomic mass is 32.2. The van der Waals surface area contributed by atoms with Crippen molar-refractivity contribution in [2.24, 2.45) is 5.92 Å². The van der Waals surface area contributed by atoms with Crippen molar-refractivity contribution in [3.63, 3.8) is 0 Å². The third kappa shape index (κ3) is 13.6. The molecule has 0 bridgehead atoms. The van der Waals surface area contributed by atoms with Gasteiger partial charge in [0.2, 0.25) is 5.91 Å². The summed E-state index contributed by atoms with van der Waals surface area (Å²) in [4.78, 5) is 37.3. The summed E-state index contributed by atoms with van der Waals surface area (Å²) in [6.07, 6.45) is 3.61. The molecule has 5 aromatic rings. The van der Waals surface area contributed by atoms with Crippen LogP contribution in [0.5, 0.6) is 0 Å². The molecule has 1 aliphatic rings. The number of nitrogens with one attached hydrogen (secondary N) is 4. The maximum Gasteiger partial charge on any atom is 0.475 e. The number of aliphatic hydroxyl groups excluding tert-OH is 2. The van der Waals surface area contributed by atoms with Gasteiger partial charge in [0.1, 0.15) is 23.7 Å². The fourth-order valence-electron chi connectivity index (χ4n) is 6.47. The monoisotopic (exact) mass is 903 g/mol. The number of alkyl halides is 3. The van der Waals surface area contributed by atoms with Crippen molar-refractivity contribution >= 4 is 52.5 Å². The van der Waals surface area contributed by atoms with Crippen LogP contribution in [0.2, 0.25) is 0 Å². The first-order valence-corrected chi connectivity index (χ1v) is 21.2. The van der Waals surface area contributed by atoms with Crippen LogP contribution >= 0.6 is 11.8 Å². The van der Waals surface area contributed by atoms with Gasteiger partial charge in [-0.15, -0.1) is 0 Å². The highest BCUT2D eigenvalue weighted by Gasteiger charge is 2.43. The van der Waals surface area contributed by atoms with Crippen molar-refractivity contribution in [3.05, 3.63) is 103 Å². The fourth-order valence-corrected chi connectivity index (χ4v) is 7.77. The van der Waals surface area contributed by atoms with E-state index in [9.17, 15) is 51.4 Å². The Morgan fingerprint density at radius 3 is 2.34 bits per heavy atom. The number of fused-ring (bicyclic) bond motifs is 1. The normalized spacial score (nSPS) is 18.7. The van der Waals surface area contributed by atoms with E-state index in [4.69, 9.17) is 0 Å². The molecule has 1 fully saturated rings. The Bertz CT molecular complexity index is 2370. The van der Waals surface area contributed by atoms with Gasteiger partial charge in [0, 0.05) is 41.5 Å². The van der Waals surface area contributed by atoms with E-state index in [1.165, 1.54) is 47.5 Å². The highest BCUT2D eigenvalue weighted by molar-refractivity contribution is 8.00. The van der Waals surface area contributed by atoms with E-state index in [0.29, 0.717) is 29.1 Å². The molecule has 0 aliphatic heterocycles. The van der Waals surface area contributed by atoms with Crippen LogP contribution < -0.4 is 20.7 Å². The van der Waals surface area contributed by atoms with E-state index >= 15 is 0 Å². The maximum atomic E-state index is 12.8. The Morgan fingerprint density at radius 1 is 0.968 bits per heavy atom. The van der Waals surface area contributed by atoms with Crippen LogP contribution in [-0.2, 0) is 25.7 Å². The summed E-state index contributed by atoms with van der Waals surface area (Å²) in [5.41, 5.74) is -2.25. The Morgan fingerprint density at radius 2 is 1.69 bits per heavy atom. The SMILES string of the molecule is CC(C)CC(NC(=O)C(Cc1ccccc1)NC(=O)c1cnccn1)B(O)O.COS(=O)(=O)NC1CC(Nc2ccnc3cc(-c4cccc(SC(F)(F)F)c4)nn23)C(O)C1O. The molecule has 1 saturated carbocycles. The van der Waals surface area contributed by atoms with Crippen LogP contribution in [0.15, 0.2) is 96.4 Å². The number of benzene rings is 2. The Kier molecular flexibility index (Phi) is 16.4. The molecule has 8 N–H and O–H groups in total. The molecule has 2 aromatic carbocycles. The summed E-state index contributed by atoms with van der Waals surface area (Å²) in [5, 5.41) is 52.6. The quantitative estimate of drug-likeness (QED) is 0.0521. The number of anilines is 1. The smallest absolute Gasteiger partial charge is 0.426 e. The number of halogens is 3. The van der Waals surface area contributed by atoms with Gasteiger partial charge < -0.3 is 36.2 Å². The molecule has 18 nitrogen and oxygen atoms in total. The molecule has 3 aromatic heterocycles. The first kappa shape index (κ1) is 47.8. The van der Waals surface area contributed by atoms with E-state index in [1.54, 1.807) is 18.2 Å². The molecule has 24 heteroatoms. The minimum Gasteiger partial charge on any atom is -0.426 e. The van der Waals surface area contributed by atoms with Crippen molar-refractivity contribution < 1.29 is 55.6 Å². The van der Waals surface area contributed by atoms with E-state index in [0.717, 1.165) is 12.7 Å². The van der Waals surface area contributed by atoms with Crippen molar-refractivity contribution in [2.45, 2.75) is 79.8 Å². The Balaban J connectivity index is 0.000000239. The van der Waals surface area contributed by atoms with E-state index in [1.807, 2.05) is 44.2 Å². The molecule has 0 spiro atoms. The van der Waals surface area contributed by atoms with Crippen LogP contribution in [0.25, 0.3) is 16.9 Å². The third-order valence-corrected chi connectivity index (χ3v) is 11.1. The molecule has 6 unspecified atom stereocenters. The van der Waals surface area contributed by atoms with Crippen molar-refractivity contribution in [2.75, 3.05) is 12.4 Å². The second-order valence-corrected chi connectivity index (χ2v) is 17.1. The zero-order valence-corrected chi connectivity index (χ0v) is 35.0. The zero-order chi connectivity index (χ0) is 45.2.